The predicted octanol–water partition coefficient (Wildman–Crippen LogP) is 3.75. The largest absolute Gasteiger partial charge is 0.486 e. The molecule has 3 amide bonds. The van der Waals surface area contributed by atoms with E-state index in [4.69, 9.17) is 9.47 Å². The molecule has 1 saturated carbocycles. The van der Waals surface area contributed by atoms with Crippen molar-refractivity contribution >= 4 is 29.2 Å². The van der Waals surface area contributed by atoms with Gasteiger partial charge in [0.2, 0.25) is 0 Å². The Labute approximate surface area is 210 Å². The molecule has 9 nitrogen and oxygen atoms in total. The molecule has 1 aromatic carbocycles. The lowest BCUT2D eigenvalue weighted by atomic mass is 9.90. The molecule has 3 N–H and O–H groups in total. The lowest BCUT2D eigenvalue weighted by Crippen LogP contribution is -2.55. The van der Waals surface area contributed by atoms with Gasteiger partial charge in [-0.2, -0.15) is 0 Å². The molecule has 0 aliphatic heterocycles. The minimum atomic E-state index is -0.493. The van der Waals surface area contributed by atoms with Crippen molar-refractivity contribution < 1.29 is 23.9 Å². The minimum absolute atomic E-state index is 0.199. The van der Waals surface area contributed by atoms with Crippen LogP contribution in [0.5, 0.6) is 5.75 Å². The quantitative estimate of drug-likeness (QED) is 0.426. The van der Waals surface area contributed by atoms with Crippen LogP contribution in [0.3, 0.4) is 0 Å². The van der Waals surface area contributed by atoms with Crippen LogP contribution in [0.1, 0.15) is 73.4 Å². The van der Waals surface area contributed by atoms with Crippen molar-refractivity contribution in [1.29, 1.82) is 0 Å². The highest BCUT2D eigenvalue weighted by atomic mass is 32.1. The van der Waals surface area contributed by atoms with Gasteiger partial charge in [0, 0.05) is 11.4 Å². The molecule has 0 spiro atoms. The van der Waals surface area contributed by atoms with Gasteiger partial charge in [-0.05, 0) is 43.4 Å². The van der Waals surface area contributed by atoms with E-state index < -0.39 is 12.0 Å². The van der Waals surface area contributed by atoms with Crippen LogP contribution < -0.4 is 20.7 Å². The van der Waals surface area contributed by atoms with Gasteiger partial charge in [0.25, 0.3) is 5.91 Å². The summed E-state index contributed by atoms with van der Waals surface area (Å²) in [5.41, 5.74) is 1.58. The number of carbonyl (C=O) groups is 3. The molecule has 190 valence electrons. The maximum atomic E-state index is 12.8. The van der Waals surface area contributed by atoms with Crippen molar-refractivity contribution in [2.24, 2.45) is 0 Å². The molecular formula is C25H34N4O5S. The van der Waals surface area contributed by atoms with Crippen molar-refractivity contribution in [3.63, 3.8) is 0 Å². The van der Waals surface area contributed by atoms with Crippen LogP contribution in [0.25, 0.3) is 0 Å². The third-order valence-corrected chi connectivity index (χ3v) is 6.61. The van der Waals surface area contributed by atoms with E-state index in [1.54, 1.807) is 12.3 Å². The number of ether oxygens (including phenoxy) is 2. The van der Waals surface area contributed by atoms with Crippen LogP contribution in [0.4, 0.5) is 4.79 Å². The van der Waals surface area contributed by atoms with Gasteiger partial charge in [-0.15, -0.1) is 11.3 Å². The number of hydrogen-bond donors (Lipinski definition) is 3. The molecule has 1 fully saturated rings. The monoisotopic (exact) mass is 502 g/mol. The predicted molar refractivity (Wildman–Crippen MR) is 134 cm³/mol. The number of esters is 1. The van der Waals surface area contributed by atoms with Crippen molar-refractivity contribution in [2.45, 2.75) is 71.1 Å². The Morgan fingerprint density at radius 2 is 1.77 bits per heavy atom. The number of thiazole rings is 1. The van der Waals surface area contributed by atoms with Crippen LogP contribution in [0.2, 0.25) is 0 Å². The lowest BCUT2D eigenvalue weighted by Gasteiger charge is -2.32. The Balaban J connectivity index is 1.49. The lowest BCUT2D eigenvalue weighted by molar-refractivity contribution is -0.141. The Kier molecular flexibility index (Phi) is 9.89. The van der Waals surface area contributed by atoms with E-state index in [-0.39, 0.29) is 37.7 Å². The second-order valence-electron chi connectivity index (χ2n) is 8.74. The number of aromatic nitrogens is 1. The normalized spacial score (nSPS) is 17.5. The summed E-state index contributed by atoms with van der Waals surface area (Å²) in [5.74, 6) is 0.446. The second kappa shape index (κ2) is 13.1. The summed E-state index contributed by atoms with van der Waals surface area (Å²) in [6.45, 7) is 6.34. The number of nitrogens with one attached hydrogen (secondary N) is 3. The van der Waals surface area contributed by atoms with Gasteiger partial charge < -0.3 is 25.4 Å². The summed E-state index contributed by atoms with van der Waals surface area (Å²) >= 11 is 1.37. The SMILES string of the molecule is CCOC(=O)CNC(=O)N[C@H]1CCCC[C@H]1NC(=O)c1csc(COc2ccc(C(C)C)cc2)n1. The number of hydrogen-bond acceptors (Lipinski definition) is 7. The Hall–Kier alpha value is -3.14. The first kappa shape index (κ1) is 26.5. The molecule has 1 aromatic heterocycles. The fraction of sp³-hybridized carbons (Fsp3) is 0.520. The number of nitrogens with zero attached hydrogens (tertiary/aromatic N) is 1. The van der Waals surface area contributed by atoms with Crippen LogP contribution in [-0.2, 0) is 16.1 Å². The van der Waals surface area contributed by atoms with E-state index in [0.29, 0.717) is 16.6 Å². The Bertz CT molecular complexity index is 992. The molecule has 10 heteroatoms. The van der Waals surface area contributed by atoms with Crippen LogP contribution in [0, 0.1) is 0 Å². The number of amides is 3. The molecule has 1 heterocycles. The van der Waals surface area contributed by atoms with Gasteiger partial charge in [0.15, 0.2) is 0 Å². The smallest absolute Gasteiger partial charge is 0.325 e. The van der Waals surface area contributed by atoms with Gasteiger partial charge in [-0.1, -0.05) is 38.8 Å². The van der Waals surface area contributed by atoms with E-state index in [1.807, 2.05) is 24.3 Å². The van der Waals surface area contributed by atoms with Crippen LogP contribution >= 0.6 is 11.3 Å². The van der Waals surface area contributed by atoms with Crippen LogP contribution in [0.15, 0.2) is 29.6 Å². The molecule has 2 aromatic rings. The first-order chi connectivity index (χ1) is 16.9. The van der Waals surface area contributed by atoms with E-state index >= 15 is 0 Å². The van der Waals surface area contributed by atoms with Crippen molar-refractivity contribution in [3.8, 4) is 5.75 Å². The highest BCUT2D eigenvalue weighted by Gasteiger charge is 2.29. The average molecular weight is 503 g/mol. The summed E-state index contributed by atoms with van der Waals surface area (Å²) in [6, 6.07) is 7.07. The molecule has 35 heavy (non-hydrogen) atoms. The fourth-order valence-electron chi connectivity index (χ4n) is 3.88. The summed E-state index contributed by atoms with van der Waals surface area (Å²) in [4.78, 5) is 40.9. The molecule has 2 atom stereocenters. The first-order valence-corrected chi connectivity index (χ1v) is 12.9. The van der Waals surface area contributed by atoms with E-state index in [9.17, 15) is 14.4 Å². The topological polar surface area (TPSA) is 119 Å². The van der Waals surface area contributed by atoms with Gasteiger partial charge in [0.1, 0.15) is 29.6 Å². The molecule has 0 radical (unpaired) electrons. The van der Waals surface area contributed by atoms with E-state index in [1.165, 1.54) is 16.9 Å². The Morgan fingerprint density at radius 3 is 2.43 bits per heavy atom. The molecule has 0 unspecified atom stereocenters. The highest BCUT2D eigenvalue weighted by Crippen LogP contribution is 2.21. The summed E-state index contributed by atoms with van der Waals surface area (Å²) in [6.07, 6.45) is 3.40. The van der Waals surface area contributed by atoms with Gasteiger partial charge in [-0.3, -0.25) is 9.59 Å². The summed E-state index contributed by atoms with van der Waals surface area (Å²) in [7, 11) is 0. The van der Waals surface area contributed by atoms with Gasteiger partial charge in [0.05, 0.1) is 12.6 Å². The maximum Gasteiger partial charge on any atom is 0.325 e. The zero-order chi connectivity index (χ0) is 25.2. The van der Waals surface area contributed by atoms with Crippen molar-refractivity contribution in [3.05, 3.63) is 45.9 Å². The van der Waals surface area contributed by atoms with E-state index in [2.05, 4.69) is 34.8 Å². The second-order valence-corrected chi connectivity index (χ2v) is 9.68. The zero-order valence-electron chi connectivity index (χ0n) is 20.5. The van der Waals surface area contributed by atoms with Crippen molar-refractivity contribution in [1.82, 2.24) is 20.9 Å². The third-order valence-electron chi connectivity index (χ3n) is 5.79. The Morgan fingerprint density at radius 1 is 1.09 bits per heavy atom. The molecular weight excluding hydrogens is 468 g/mol. The zero-order valence-corrected chi connectivity index (χ0v) is 21.3. The maximum absolute atomic E-state index is 12.8. The highest BCUT2D eigenvalue weighted by molar-refractivity contribution is 7.09. The van der Waals surface area contributed by atoms with Crippen molar-refractivity contribution in [2.75, 3.05) is 13.2 Å². The molecule has 3 rings (SSSR count). The minimum Gasteiger partial charge on any atom is -0.486 e. The standard InChI is InChI=1S/C25H34N4O5S/c1-4-33-23(30)13-26-25(32)29-20-8-6-5-7-19(20)28-24(31)21-15-35-22(27-21)14-34-18-11-9-17(10-12-18)16(2)3/h9-12,15-16,19-20H,4-8,13-14H2,1-3H3,(H,28,31)(H2,26,29,32)/t19-,20+/m1/s1. The first-order valence-electron chi connectivity index (χ1n) is 12.0. The number of benzene rings is 1. The number of carbonyl (C=O) groups excluding carboxylic acids is 3. The molecule has 1 aliphatic rings. The van der Waals surface area contributed by atoms with Gasteiger partial charge in [-0.25, -0.2) is 9.78 Å². The number of urea groups is 1. The van der Waals surface area contributed by atoms with E-state index in [0.717, 1.165) is 31.4 Å². The van der Waals surface area contributed by atoms with Crippen LogP contribution in [-0.4, -0.2) is 48.1 Å². The summed E-state index contributed by atoms with van der Waals surface area (Å²) in [5, 5.41) is 10.8. The average Bonchev–Trinajstić information content (AvgIpc) is 3.32. The fourth-order valence-corrected chi connectivity index (χ4v) is 4.56. The molecule has 0 bridgehead atoms. The number of rotatable bonds is 10. The van der Waals surface area contributed by atoms with Gasteiger partial charge >= 0.3 is 12.0 Å². The molecule has 0 saturated heterocycles. The third kappa shape index (κ3) is 8.24. The molecule has 1 aliphatic carbocycles. The summed E-state index contributed by atoms with van der Waals surface area (Å²) < 4.78 is 10.6.